The van der Waals surface area contributed by atoms with Gasteiger partial charge in [0.05, 0.1) is 29.2 Å². The van der Waals surface area contributed by atoms with E-state index in [1.165, 1.54) is 0 Å². The highest BCUT2D eigenvalue weighted by molar-refractivity contribution is 6.21. The van der Waals surface area contributed by atoms with Crippen LogP contribution in [0.1, 0.15) is 77.0 Å². The van der Waals surface area contributed by atoms with Crippen LogP contribution in [0, 0.1) is 0 Å². The summed E-state index contributed by atoms with van der Waals surface area (Å²) in [4.78, 5) is 25.1. The first-order valence-corrected chi connectivity index (χ1v) is 13.1. The summed E-state index contributed by atoms with van der Waals surface area (Å²) in [6.07, 6.45) is 3.21. The van der Waals surface area contributed by atoms with E-state index in [1.807, 2.05) is 0 Å². The Balaban J connectivity index is 1.20. The van der Waals surface area contributed by atoms with E-state index < -0.39 is 34.9 Å². The van der Waals surface area contributed by atoms with Crippen LogP contribution in [0.4, 0.5) is 8.78 Å². The summed E-state index contributed by atoms with van der Waals surface area (Å²) >= 11 is 5.90. The molecule has 0 heterocycles. The Labute approximate surface area is 204 Å². The predicted octanol–water partition coefficient (Wildman–Crippen LogP) is 2.85. The number of amides is 2. The molecule has 7 nitrogen and oxygen atoms in total. The molecule has 5 rings (SSSR count). The van der Waals surface area contributed by atoms with E-state index in [0.29, 0.717) is 70.6 Å². The maximum Gasteiger partial charge on any atom is 0.246 e. The lowest BCUT2D eigenvalue weighted by atomic mass is 9.60. The number of rotatable bonds is 8. The highest BCUT2D eigenvalue weighted by Crippen LogP contribution is 2.47. The average Bonchev–Trinajstić information content (AvgIpc) is 2.81. The van der Waals surface area contributed by atoms with Crippen LogP contribution in [0.5, 0.6) is 0 Å². The van der Waals surface area contributed by atoms with Gasteiger partial charge in [0.25, 0.3) is 0 Å². The number of fused-ring (bicyclic) bond motifs is 3. The van der Waals surface area contributed by atoms with Crippen LogP contribution < -0.4 is 10.6 Å². The number of nitrogens with one attached hydrogen (secondary N) is 2. The fraction of sp³-hybridized carbons (Fsp3) is 0.917. The van der Waals surface area contributed by atoms with Crippen LogP contribution in [0.2, 0.25) is 0 Å². The summed E-state index contributed by atoms with van der Waals surface area (Å²) in [7, 11) is 0. The van der Waals surface area contributed by atoms with Crippen LogP contribution in [0.25, 0.3) is 0 Å². The monoisotopic (exact) mass is 506 g/mol. The summed E-state index contributed by atoms with van der Waals surface area (Å²) in [5, 5.41) is 16.4. The normalized spacial score (nSPS) is 42.2. The van der Waals surface area contributed by atoms with Gasteiger partial charge in [0.15, 0.2) is 0 Å². The fourth-order valence-electron chi connectivity index (χ4n) is 6.08. The van der Waals surface area contributed by atoms with Crippen LogP contribution in [0.3, 0.4) is 0 Å². The van der Waals surface area contributed by atoms with Gasteiger partial charge in [-0.2, -0.15) is 0 Å². The summed E-state index contributed by atoms with van der Waals surface area (Å²) in [5.41, 5.74) is -1.24. The lowest BCUT2D eigenvalue weighted by molar-refractivity contribution is -0.142. The largest absolute Gasteiger partial charge is 0.391 e. The van der Waals surface area contributed by atoms with E-state index in [4.69, 9.17) is 21.1 Å². The van der Waals surface area contributed by atoms with Gasteiger partial charge in [-0.15, -0.1) is 11.6 Å². The van der Waals surface area contributed by atoms with Gasteiger partial charge in [-0.1, -0.05) is 0 Å². The van der Waals surface area contributed by atoms with E-state index in [-0.39, 0.29) is 43.7 Å². The predicted molar refractivity (Wildman–Crippen MR) is 122 cm³/mol. The lowest BCUT2D eigenvalue weighted by Gasteiger charge is -2.56. The Morgan fingerprint density at radius 1 is 0.882 bits per heavy atom. The number of aliphatic hydroxyl groups is 1. The van der Waals surface area contributed by atoms with Crippen LogP contribution in [-0.2, 0) is 19.1 Å². The second-order valence-corrected chi connectivity index (χ2v) is 11.3. The molecule has 4 unspecified atom stereocenters. The van der Waals surface area contributed by atoms with E-state index >= 15 is 0 Å². The van der Waals surface area contributed by atoms with Crippen LogP contribution >= 0.6 is 11.6 Å². The van der Waals surface area contributed by atoms with Gasteiger partial charge >= 0.3 is 0 Å². The van der Waals surface area contributed by atoms with Crippen molar-refractivity contribution in [3.63, 3.8) is 0 Å². The van der Waals surface area contributed by atoms with Crippen LogP contribution in [0.15, 0.2) is 0 Å². The molecule has 5 saturated carbocycles. The van der Waals surface area contributed by atoms with Crippen LogP contribution in [-0.4, -0.2) is 77.2 Å². The van der Waals surface area contributed by atoms with E-state index in [1.54, 1.807) is 0 Å². The summed E-state index contributed by atoms with van der Waals surface area (Å²) in [6, 6.07) is 0. The molecule has 34 heavy (non-hydrogen) atoms. The maximum absolute atomic E-state index is 13.8. The molecule has 2 amide bonds. The number of hydrogen-bond acceptors (Lipinski definition) is 5. The molecule has 0 aromatic heterocycles. The zero-order valence-corrected chi connectivity index (χ0v) is 20.3. The molecular weight excluding hydrogens is 470 g/mol. The van der Waals surface area contributed by atoms with Crippen molar-refractivity contribution in [1.29, 1.82) is 0 Å². The summed E-state index contributed by atoms with van der Waals surface area (Å²) in [5.74, 6) is -0.545. The quantitative estimate of drug-likeness (QED) is 0.440. The molecule has 0 aromatic rings. The number of carbonyl (C=O) groups excluding carboxylic acids is 2. The molecule has 0 spiro atoms. The average molecular weight is 507 g/mol. The molecule has 0 aliphatic heterocycles. The molecule has 2 bridgehead atoms. The molecule has 5 aliphatic carbocycles. The van der Waals surface area contributed by atoms with Crippen molar-refractivity contribution in [3.05, 3.63) is 0 Å². The summed E-state index contributed by atoms with van der Waals surface area (Å²) in [6.45, 7) is -0.244. The SMILES string of the molecule is O=C(COC1CCC(Cl)C(F)C1)NC12CCC(NC(=O)COC3CCC(F)CC3)(CC1)C(O)C2. The molecule has 5 aliphatic rings. The molecule has 5 fully saturated rings. The molecule has 0 radical (unpaired) electrons. The van der Waals surface area contributed by atoms with Crippen molar-refractivity contribution in [2.24, 2.45) is 0 Å². The summed E-state index contributed by atoms with van der Waals surface area (Å²) < 4.78 is 38.3. The van der Waals surface area contributed by atoms with Crippen molar-refractivity contribution in [2.75, 3.05) is 13.2 Å². The second-order valence-electron chi connectivity index (χ2n) is 10.7. The molecule has 3 N–H and O–H groups in total. The Morgan fingerprint density at radius 3 is 2.09 bits per heavy atom. The molecular formula is C24H37ClF2N2O5. The third-order valence-electron chi connectivity index (χ3n) is 8.26. The van der Waals surface area contributed by atoms with E-state index in [9.17, 15) is 23.5 Å². The first-order chi connectivity index (χ1) is 16.2. The van der Waals surface area contributed by atoms with Crippen molar-refractivity contribution >= 4 is 23.4 Å². The molecule has 10 heteroatoms. The highest BCUT2D eigenvalue weighted by atomic mass is 35.5. The van der Waals surface area contributed by atoms with Gasteiger partial charge in [0.1, 0.15) is 25.6 Å². The van der Waals surface area contributed by atoms with Gasteiger partial charge in [-0.25, -0.2) is 8.78 Å². The number of hydrogen-bond donors (Lipinski definition) is 3. The smallest absolute Gasteiger partial charge is 0.246 e. The fourth-order valence-corrected chi connectivity index (χ4v) is 6.31. The van der Waals surface area contributed by atoms with Gasteiger partial charge in [0.2, 0.25) is 11.8 Å². The van der Waals surface area contributed by atoms with E-state index in [2.05, 4.69) is 10.6 Å². The Hall–Kier alpha value is -1.03. The number of ether oxygens (including phenoxy) is 2. The van der Waals surface area contributed by atoms with E-state index in [0.717, 1.165) is 0 Å². The molecule has 0 saturated heterocycles. The van der Waals surface area contributed by atoms with Crippen molar-refractivity contribution in [2.45, 2.75) is 124 Å². The first kappa shape index (κ1) is 26.0. The van der Waals surface area contributed by atoms with Crippen molar-refractivity contribution in [1.82, 2.24) is 10.6 Å². The topological polar surface area (TPSA) is 96.9 Å². The molecule has 4 atom stereocenters. The Morgan fingerprint density at radius 2 is 1.47 bits per heavy atom. The second kappa shape index (κ2) is 10.9. The van der Waals surface area contributed by atoms with Gasteiger partial charge < -0.3 is 25.2 Å². The Kier molecular flexibility index (Phi) is 8.37. The van der Waals surface area contributed by atoms with Gasteiger partial charge in [0, 0.05) is 12.0 Å². The third-order valence-corrected chi connectivity index (χ3v) is 8.75. The highest BCUT2D eigenvalue weighted by Gasteiger charge is 2.55. The minimum Gasteiger partial charge on any atom is -0.391 e. The van der Waals surface area contributed by atoms with Gasteiger partial charge in [-0.05, 0) is 70.6 Å². The van der Waals surface area contributed by atoms with Gasteiger partial charge in [-0.3, -0.25) is 9.59 Å². The zero-order chi connectivity index (χ0) is 24.3. The number of aliphatic hydroxyl groups excluding tert-OH is 1. The molecule has 0 aromatic carbocycles. The zero-order valence-electron chi connectivity index (χ0n) is 19.6. The molecule has 194 valence electrons. The Bertz CT molecular complexity index is 728. The standard InChI is InChI=1S/C24H37ClF2N2O5/c25-18-6-5-17(11-19(18)27)34-13-21(31)28-23-7-9-24(10-8-23,20(30)12-23)29-22(32)14-33-16-3-1-15(26)2-4-16/h15-20,30H,1-14H2,(H,28,31)(H,29,32). The van der Waals surface area contributed by atoms with Crippen molar-refractivity contribution < 1.29 is 33.0 Å². The number of halogens is 3. The lowest BCUT2D eigenvalue weighted by Crippen LogP contribution is -2.70. The first-order valence-electron chi connectivity index (χ1n) is 12.6. The third kappa shape index (κ3) is 6.20. The number of alkyl halides is 3. The number of carbonyl (C=O) groups is 2. The minimum atomic E-state index is -1.12. The van der Waals surface area contributed by atoms with Crippen molar-refractivity contribution in [3.8, 4) is 0 Å². The maximum atomic E-state index is 13.8. The minimum absolute atomic E-state index is 0.0938.